The lowest BCUT2D eigenvalue weighted by molar-refractivity contribution is 0.203. The zero-order valence-corrected chi connectivity index (χ0v) is 18.9. The number of ether oxygens (including phenoxy) is 1. The van der Waals surface area contributed by atoms with Crippen molar-refractivity contribution in [3.8, 4) is 5.75 Å². The van der Waals surface area contributed by atoms with E-state index in [1.165, 1.54) is 7.05 Å². The minimum absolute atomic E-state index is 0. The normalized spacial score (nSPS) is 10.4. The quantitative estimate of drug-likeness (QED) is 0.218. The zero-order valence-electron chi connectivity index (χ0n) is 18.9. The lowest BCUT2D eigenvalue weighted by Crippen LogP contribution is -2.21. The van der Waals surface area contributed by atoms with E-state index in [2.05, 4.69) is 25.3 Å². The van der Waals surface area contributed by atoms with Gasteiger partial charge in [-0.05, 0) is 50.2 Å². The van der Waals surface area contributed by atoms with Gasteiger partial charge in [0.25, 0.3) is 0 Å². The Hall–Kier alpha value is -4.59. The molecule has 4 heterocycles. The van der Waals surface area contributed by atoms with Crippen LogP contribution in [0.25, 0.3) is 43.6 Å². The number of aromatic amines is 3. The molecule has 36 heavy (non-hydrogen) atoms. The summed E-state index contributed by atoms with van der Waals surface area (Å²) >= 11 is 0. The number of benzene rings is 2. The molecule has 0 bridgehead atoms. The molecule has 1 amide bonds. The van der Waals surface area contributed by atoms with Gasteiger partial charge in [0.1, 0.15) is 5.75 Å². The molecule has 0 aliphatic heterocycles. The third-order valence-electron chi connectivity index (χ3n) is 5.83. The fourth-order valence-electron chi connectivity index (χ4n) is 4.16. The molecule has 0 aliphatic rings. The number of pyridine rings is 2. The average Bonchev–Trinajstić information content (AvgIpc) is 3.39. The monoisotopic (exact) mass is 485 g/mol. The maximum absolute atomic E-state index is 11.2. The Morgan fingerprint density at radius 3 is 2.28 bits per heavy atom. The number of nitrogens with one attached hydrogen (secondary N) is 4. The number of fused-ring (bicyclic) bond motifs is 6. The van der Waals surface area contributed by atoms with Crippen molar-refractivity contribution in [2.24, 2.45) is 0 Å². The highest BCUT2D eigenvalue weighted by Crippen LogP contribution is 2.29. The van der Waals surface area contributed by atoms with Gasteiger partial charge in [-0.3, -0.25) is 9.78 Å². The van der Waals surface area contributed by atoms with Crippen LogP contribution < -0.4 is 15.5 Å². The number of amides is 1. The molecule has 6 aromatic rings. The van der Waals surface area contributed by atoms with Crippen molar-refractivity contribution in [1.29, 1.82) is 0 Å². The summed E-state index contributed by atoms with van der Waals surface area (Å²) in [5, 5.41) is 6.88. The highest BCUT2D eigenvalue weighted by Gasteiger charge is 2.09. The van der Waals surface area contributed by atoms with Crippen LogP contribution in [0.1, 0.15) is 26.2 Å². The van der Waals surface area contributed by atoms with Crippen LogP contribution in [0.5, 0.6) is 5.75 Å². The van der Waals surface area contributed by atoms with Crippen LogP contribution in [0.3, 0.4) is 0 Å². The molecule has 0 spiro atoms. The van der Waals surface area contributed by atoms with Crippen LogP contribution in [0.4, 0.5) is 4.79 Å². The predicted octanol–water partition coefficient (Wildman–Crippen LogP) is 6.33. The summed E-state index contributed by atoms with van der Waals surface area (Å²) in [6, 6.07) is 14.6. The minimum Gasteiger partial charge on any atom is -0.410 e. The Balaban J connectivity index is 0.000000194. The van der Waals surface area contributed by atoms with Crippen molar-refractivity contribution in [1.82, 2.24) is 25.3 Å². The van der Waals surface area contributed by atoms with E-state index in [1.54, 1.807) is 24.4 Å². The molecule has 0 saturated heterocycles. The van der Waals surface area contributed by atoms with Crippen LogP contribution >= 0.6 is 0 Å². The second-order valence-electron chi connectivity index (χ2n) is 8.01. The molecule has 6 rings (SSSR count). The maximum Gasteiger partial charge on any atom is 0.412 e. The topological polar surface area (TPSA) is 116 Å². The molecule has 0 saturated carbocycles. The standard InChI is InChI=1S/C14H13N3O2.C12H10N2O.2CH4/c1-8-13-11(5-6-16-8)10-4-3-9(7-12(10)17-13)19-14(18)15-2;1-7-12-10(4-5-13-7)9-3-2-8(15)6-11(9)14-12;;/h3-7,17H,1-2H3,(H,15,18);2-6,13-14H,1H3;2*1H4. The largest absolute Gasteiger partial charge is 0.412 e. The summed E-state index contributed by atoms with van der Waals surface area (Å²) in [7, 11) is 1.53. The molecule has 0 radical (unpaired) electrons. The van der Waals surface area contributed by atoms with Gasteiger partial charge < -0.3 is 25.0 Å². The Kier molecular flexibility index (Phi) is 7.48. The van der Waals surface area contributed by atoms with E-state index in [-0.39, 0.29) is 20.3 Å². The molecule has 0 atom stereocenters. The molecular formula is C28H31N5O3. The summed E-state index contributed by atoms with van der Waals surface area (Å²) < 4.78 is 5.11. The van der Waals surface area contributed by atoms with Crippen molar-refractivity contribution in [2.45, 2.75) is 28.7 Å². The highest BCUT2D eigenvalue weighted by atomic mass is 16.5. The third-order valence-corrected chi connectivity index (χ3v) is 5.83. The van der Waals surface area contributed by atoms with Gasteiger partial charge in [-0.15, -0.1) is 0 Å². The minimum atomic E-state index is -0.478. The van der Waals surface area contributed by atoms with E-state index in [0.29, 0.717) is 5.75 Å². The number of H-pyrrole nitrogens is 3. The van der Waals surface area contributed by atoms with Crippen molar-refractivity contribution in [2.75, 3.05) is 7.05 Å². The number of hydrogen-bond donors (Lipinski definition) is 4. The van der Waals surface area contributed by atoms with Gasteiger partial charge >= 0.3 is 6.09 Å². The maximum atomic E-state index is 11.2. The van der Waals surface area contributed by atoms with Crippen molar-refractivity contribution >= 4 is 49.7 Å². The number of nitrogens with zero attached hydrogens (tertiary/aromatic N) is 1. The molecule has 4 aromatic heterocycles. The molecule has 0 unspecified atom stereocenters. The van der Waals surface area contributed by atoms with Gasteiger partial charge in [0.15, 0.2) is 5.43 Å². The van der Waals surface area contributed by atoms with E-state index in [1.807, 2.05) is 50.4 Å². The van der Waals surface area contributed by atoms with Crippen LogP contribution in [0.2, 0.25) is 0 Å². The van der Waals surface area contributed by atoms with Crippen molar-refractivity contribution in [3.63, 3.8) is 0 Å². The molecule has 2 aromatic carbocycles. The van der Waals surface area contributed by atoms with Crippen LogP contribution in [0, 0.1) is 13.8 Å². The van der Waals surface area contributed by atoms with Gasteiger partial charge in [-0.2, -0.15) is 0 Å². The number of carbonyl (C=O) groups excluding carboxylic acids is 1. The van der Waals surface area contributed by atoms with Gasteiger partial charge in [-0.1, -0.05) is 14.9 Å². The number of carbonyl (C=O) groups is 1. The van der Waals surface area contributed by atoms with Gasteiger partial charge in [0.05, 0.1) is 27.8 Å². The summed E-state index contributed by atoms with van der Waals surface area (Å²) in [5.74, 6) is 0.504. The zero-order chi connectivity index (χ0) is 23.8. The summed E-state index contributed by atoms with van der Waals surface area (Å²) in [5.41, 5.74) is 5.97. The fraction of sp³-hybridized carbons (Fsp3) is 0.179. The summed E-state index contributed by atoms with van der Waals surface area (Å²) in [6.45, 7) is 3.97. The second kappa shape index (κ2) is 10.4. The Labute approximate surface area is 208 Å². The second-order valence-corrected chi connectivity index (χ2v) is 8.01. The molecule has 8 heteroatoms. The molecule has 4 N–H and O–H groups in total. The molecule has 8 nitrogen and oxygen atoms in total. The summed E-state index contributed by atoms with van der Waals surface area (Å²) in [4.78, 5) is 36.4. The first-order valence-corrected chi connectivity index (χ1v) is 10.8. The first-order chi connectivity index (χ1) is 16.4. The van der Waals surface area contributed by atoms with Gasteiger partial charge in [0, 0.05) is 58.8 Å². The average molecular weight is 486 g/mol. The van der Waals surface area contributed by atoms with E-state index in [0.717, 1.165) is 55.0 Å². The molecule has 0 aliphatic carbocycles. The first-order valence-electron chi connectivity index (χ1n) is 10.8. The Morgan fingerprint density at radius 1 is 0.861 bits per heavy atom. The molecular weight excluding hydrogens is 454 g/mol. The van der Waals surface area contributed by atoms with E-state index < -0.39 is 6.09 Å². The SMILES string of the molecule is C.C.CNC(=O)Oc1ccc2c(c1)[nH]c1c(C)nccc12.Cc1[nH]ccc2c1[nH]c1cc(=O)ccc12. The van der Waals surface area contributed by atoms with Gasteiger partial charge in [0.2, 0.25) is 0 Å². The first kappa shape index (κ1) is 26.0. The molecule has 186 valence electrons. The van der Waals surface area contributed by atoms with E-state index in [9.17, 15) is 9.59 Å². The number of aromatic nitrogens is 4. The highest BCUT2D eigenvalue weighted by molar-refractivity contribution is 6.08. The Morgan fingerprint density at radius 2 is 1.53 bits per heavy atom. The Bertz CT molecular complexity index is 1740. The number of rotatable bonds is 1. The lowest BCUT2D eigenvalue weighted by Gasteiger charge is -2.02. The van der Waals surface area contributed by atoms with Crippen LogP contribution in [-0.2, 0) is 0 Å². The smallest absolute Gasteiger partial charge is 0.410 e. The van der Waals surface area contributed by atoms with Crippen molar-refractivity contribution in [3.05, 3.63) is 82.5 Å². The van der Waals surface area contributed by atoms with Crippen LogP contribution in [0.15, 0.2) is 65.7 Å². The van der Waals surface area contributed by atoms with Gasteiger partial charge in [-0.25, -0.2) is 4.79 Å². The van der Waals surface area contributed by atoms with E-state index in [4.69, 9.17) is 4.74 Å². The third kappa shape index (κ3) is 4.65. The fourth-order valence-corrected chi connectivity index (χ4v) is 4.16. The predicted molar refractivity (Wildman–Crippen MR) is 148 cm³/mol. The van der Waals surface area contributed by atoms with Crippen LogP contribution in [-0.4, -0.2) is 33.1 Å². The lowest BCUT2D eigenvalue weighted by atomic mass is 10.1. The number of aryl methyl sites for hydroxylation is 2. The van der Waals surface area contributed by atoms with Crippen molar-refractivity contribution < 1.29 is 9.53 Å². The van der Waals surface area contributed by atoms with E-state index >= 15 is 0 Å². The summed E-state index contributed by atoms with van der Waals surface area (Å²) in [6.07, 6.45) is 3.23. The number of hydrogen-bond acceptors (Lipinski definition) is 4. The molecule has 0 fully saturated rings.